The molecule has 0 radical (unpaired) electrons. The number of hydrogen-bond acceptors (Lipinski definition) is 5. The number of allylic oxidation sites excluding steroid dienone is 1. The summed E-state index contributed by atoms with van der Waals surface area (Å²) in [6.45, 7) is 1.85. The fourth-order valence-corrected chi connectivity index (χ4v) is 8.56. The fourth-order valence-electron chi connectivity index (χ4n) is 3.65. The van der Waals surface area contributed by atoms with E-state index in [9.17, 15) is 16.8 Å². The van der Waals surface area contributed by atoms with E-state index in [2.05, 4.69) is 0 Å². The second-order valence-electron chi connectivity index (χ2n) is 6.68. The zero-order chi connectivity index (χ0) is 19.7. The molecule has 0 amide bonds. The first kappa shape index (κ1) is 19.8. The van der Waals surface area contributed by atoms with Crippen LogP contribution in [-0.4, -0.2) is 33.4 Å². The van der Waals surface area contributed by atoms with Crippen molar-refractivity contribution in [1.29, 1.82) is 0 Å². The average Bonchev–Trinajstić information content (AvgIpc) is 2.69. The molecule has 0 aliphatic heterocycles. The van der Waals surface area contributed by atoms with E-state index >= 15 is 0 Å². The van der Waals surface area contributed by atoms with Gasteiger partial charge in [0.15, 0.2) is 19.7 Å². The lowest BCUT2D eigenvalue weighted by atomic mass is 9.90. The van der Waals surface area contributed by atoms with E-state index in [1.807, 2.05) is 6.92 Å². The molecule has 1 aliphatic rings. The molecule has 0 unspecified atom stereocenters. The molecular weight excluding hydrogens is 382 g/mol. The van der Waals surface area contributed by atoms with Crippen LogP contribution >= 0.6 is 0 Å². The van der Waals surface area contributed by atoms with Gasteiger partial charge in [0.25, 0.3) is 0 Å². The van der Waals surface area contributed by atoms with Crippen molar-refractivity contribution in [3.63, 3.8) is 0 Å². The van der Waals surface area contributed by atoms with E-state index in [0.717, 1.165) is 0 Å². The molecule has 0 bridgehead atoms. The molecule has 0 saturated heterocycles. The Kier molecular flexibility index (Phi) is 5.55. The molecule has 2 N–H and O–H groups in total. The Hall–Kier alpha value is -1.96. The van der Waals surface area contributed by atoms with Crippen molar-refractivity contribution in [3.05, 3.63) is 72.8 Å². The van der Waals surface area contributed by atoms with Gasteiger partial charge in [0, 0.05) is 6.04 Å². The van der Waals surface area contributed by atoms with E-state index in [-0.39, 0.29) is 9.79 Å². The third-order valence-corrected chi connectivity index (χ3v) is 9.75. The van der Waals surface area contributed by atoms with Gasteiger partial charge < -0.3 is 5.73 Å². The highest BCUT2D eigenvalue weighted by Crippen LogP contribution is 2.36. The Balaban J connectivity index is 2.20. The fraction of sp³-hybridized carbons (Fsp3) is 0.300. The third-order valence-electron chi connectivity index (χ3n) is 5.04. The summed E-state index contributed by atoms with van der Waals surface area (Å²) < 4.78 is 53.6. The van der Waals surface area contributed by atoms with Gasteiger partial charge in [-0.15, -0.1) is 0 Å². The number of benzene rings is 2. The van der Waals surface area contributed by atoms with Gasteiger partial charge >= 0.3 is 0 Å². The van der Waals surface area contributed by atoms with Gasteiger partial charge in [0.2, 0.25) is 0 Å². The molecule has 0 aromatic heterocycles. The van der Waals surface area contributed by atoms with Crippen LogP contribution in [0.3, 0.4) is 0 Å². The van der Waals surface area contributed by atoms with E-state index < -0.39 is 42.1 Å². The van der Waals surface area contributed by atoms with Crippen molar-refractivity contribution in [1.82, 2.24) is 0 Å². The summed E-state index contributed by atoms with van der Waals surface area (Å²) in [7, 11) is -7.86. The van der Waals surface area contributed by atoms with Gasteiger partial charge in [0.05, 0.1) is 15.0 Å². The number of hydrogen-bond donors (Lipinski definition) is 1. The van der Waals surface area contributed by atoms with Crippen LogP contribution in [0.4, 0.5) is 0 Å². The summed E-state index contributed by atoms with van der Waals surface area (Å²) >= 11 is 0. The molecule has 0 spiro atoms. The van der Waals surface area contributed by atoms with Crippen LogP contribution in [0.2, 0.25) is 0 Å². The molecule has 2 aromatic carbocycles. The minimum atomic E-state index is -3.95. The maximum Gasteiger partial charge on any atom is 0.184 e. The Morgan fingerprint density at radius 1 is 0.741 bits per heavy atom. The third kappa shape index (κ3) is 3.59. The zero-order valence-electron chi connectivity index (χ0n) is 15.0. The lowest BCUT2D eigenvalue weighted by Gasteiger charge is -2.37. The molecule has 3 rings (SSSR count). The smallest absolute Gasteiger partial charge is 0.184 e. The van der Waals surface area contributed by atoms with Crippen LogP contribution in [0.5, 0.6) is 0 Å². The highest BCUT2D eigenvalue weighted by molar-refractivity contribution is 7.96. The van der Waals surface area contributed by atoms with Gasteiger partial charge in [-0.3, -0.25) is 0 Å². The van der Waals surface area contributed by atoms with Crippen molar-refractivity contribution < 1.29 is 16.8 Å². The van der Waals surface area contributed by atoms with Gasteiger partial charge in [-0.25, -0.2) is 16.8 Å². The largest absolute Gasteiger partial charge is 0.323 e. The molecular formula is C20H23NO4S2. The summed E-state index contributed by atoms with van der Waals surface area (Å²) in [5.74, 6) is -0.432. The SMILES string of the molecule is CC[C@@H]1C=C[C@@H](N)[C@@H](S(=O)(=O)c2ccccc2)[C@@H]1S(=O)(=O)c1ccccc1. The van der Waals surface area contributed by atoms with Crippen molar-refractivity contribution in [2.24, 2.45) is 11.7 Å². The molecule has 1 aliphatic carbocycles. The van der Waals surface area contributed by atoms with Crippen molar-refractivity contribution in [2.45, 2.75) is 39.7 Å². The first-order valence-corrected chi connectivity index (χ1v) is 11.9. The van der Waals surface area contributed by atoms with E-state index in [0.29, 0.717) is 6.42 Å². The lowest BCUT2D eigenvalue weighted by molar-refractivity contribution is 0.463. The van der Waals surface area contributed by atoms with E-state index in [1.165, 1.54) is 24.3 Å². The van der Waals surface area contributed by atoms with Crippen LogP contribution < -0.4 is 5.73 Å². The summed E-state index contributed by atoms with van der Waals surface area (Å²) in [6, 6.07) is 15.0. The van der Waals surface area contributed by atoms with Crippen molar-refractivity contribution in [2.75, 3.05) is 0 Å². The maximum absolute atomic E-state index is 13.4. The molecule has 0 saturated carbocycles. The summed E-state index contributed by atoms with van der Waals surface area (Å²) in [5.41, 5.74) is 6.15. The monoisotopic (exact) mass is 405 g/mol. The van der Waals surface area contributed by atoms with Gasteiger partial charge in [-0.05, 0) is 36.6 Å². The number of rotatable bonds is 5. The Morgan fingerprint density at radius 2 is 1.19 bits per heavy atom. The molecule has 144 valence electrons. The molecule has 0 fully saturated rings. The van der Waals surface area contributed by atoms with Crippen LogP contribution in [0.1, 0.15) is 13.3 Å². The predicted molar refractivity (Wildman–Crippen MR) is 106 cm³/mol. The predicted octanol–water partition coefficient (Wildman–Crippen LogP) is 2.59. The second kappa shape index (κ2) is 7.58. The normalized spacial score (nSPS) is 26.0. The molecule has 0 heterocycles. The highest BCUT2D eigenvalue weighted by atomic mass is 32.2. The number of nitrogens with two attached hydrogens (primary N) is 1. The van der Waals surface area contributed by atoms with E-state index in [4.69, 9.17) is 5.73 Å². The minimum Gasteiger partial charge on any atom is -0.323 e. The van der Waals surface area contributed by atoms with Gasteiger partial charge in [-0.2, -0.15) is 0 Å². The average molecular weight is 406 g/mol. The first-order chi connectivity index (χ1) is 12.8. The Morgan fingerprint density at radius 3 is 1.63 bits per heavy atom. The summed E-state index contributed by atoms with van der Waals surface area (Å²) in [4.78, 5) is 0.202. The van der Waals surface area contributed by atoms with E-state index in [1.54, 1.807) is 48.6 Å². The molecule has 7 heteroatoms. The van der Waals surface area contributed by atoms with Gasteiger partial charge in [-0.1, -0.05) is 55.5 Å². The zero-order valence-corrected chi connectivity index (χ0v) is 16.6. The quantitative estimate of drug-likeness (QED) is 0.772. The minimum absolute atomic E-state index is 0.0869. The number of sulfone groups is 2. The lowest BCUT2D eigenvalue weighted by Crippen LogP contribution is -2.55. The summed E-state index contributed by atoms with van der Waals surface area (Å²) in [6.07, 6.45) is 3.87. The molecule has 27 heavy (non-hydrogen) atoms. The Bertz CT molecular complexity index is 1020. The van der Waals surface area contributed by atoms with Crippen LogP contribution in [-0.2, 0) is 19.7 Å². The molecule has 4 atom stereocenters. The molecule has 5 nitrogen and oxygen atoms in total. The first-order valence-electron chi connectivity index (χ1n) is 8.82. The molecule has 2 aromatic rings. The van der Waals surface area contributed by atoms with Crippen LogP contribution in [0, 0.1) is 5.92 Å². The highest BCUT2D eigenvalue weighted by Gasteiger charge is 2.50. The van der Waals surface area contributed by atoms with Crippen molar-refractivity contribution in [3.8, 4) is 0 Å². The topological polar surface area (TPSA) is 94.3 Å². The standard InChI is InChI=1S/C20H23NO4S2/c1-2-15-13-14-18(21)20(27(24,25)17-11-7-4-8-12-17)19(15)26(22,23)16-9-5-3-6-10-16/h3-15,18-20H,2,21H2,1H3/t15-,18-,19-,20-/m1/s1. The van der Waals surface area contributed by atoms with Crippen LogP contribution in [0.25, 0.3) is 0 Å². The van der Waals surface area contributed by atoms with Crippen LogP contribution in [0.15, 0.2) is 82.6 Å². The van der Waals surface area contributed by atoms with Gasteiger partial charge in [0.1, 0.15) is 5.25 Å². The summed E-state index contributed by atoms with van der Waals surface area (Å²) in [5, 5.41) is -2.39. The maximum atomic E-state index is 13.4. The Labute approximate surface area is 160 Å². The van der Waals surface area contributed by atoms with Crippen molar-refractivity contribution >= 4 is 19.7 Å². The second-order valence-corrected chi connectivity index (χ2v) is 10.9.